The van der Waals surface area contributed by atoms with Crippen LogP contribution < -0.4 is 34.3 Å². The van der Waals surface area contributed by atoms with E-state index in [9.17, 15) is 19.6 Å². The standard InChI is InChI=1S/C8H9ClO2.C7H10O.C5H5NOS.CHCl3.Na/c1-5(10)7-2-8(3-7,4-7)6(9)11;1-5(8)7-2-6(3-7)4-7;7-6-4-2-1-3-5(6)8;2-1(3)4;/h2-4H2,1H3;6H,2-4H2,1H3;1-4,8H;1H;/q;;;;+1/p-1. The summed E-state index contributed by atoms with van der Waals surface area (Å²) in [6.07, 6.45) is 7.13. The molecule has 1 aromatic rings. The number of rotatable bonds is 3. The monoisotopic (exact) mass is 549 g/mol. The average molecular weight is 551 g/mol. The van der Waals surface area contributed by atoms with E-state index in [1.807, 2.05) is 0 Å². The average Bonchev–Trinajstić information content (AvgIpc) is 2.43. The fourth-order valence-corrected chi connectivity index (χ4v) is 5.03. The maximum Gasteiger partial charge on any atom is 1.00 e. The first-order valence-corrected chi connectivity index (χ1v) is 11.9. The molecular formula is C21H24Cl4NNaO4S. The van der Waals surface area contributed by atoms with Gasteiger partial charge in [-0.1, -0.05) is 40.9 Å². The Bertz CT molecular complexity index is 785. The van der Waals surface area contributed by atoms with Gasteiger partial charge in [0.1, 0.15) is 11.6 Å². The van der Waals surface area contributed by atoms with Crippen molar-refractivity contribution >= 4 is 75.8 Å². The Balaban J connectivity index is 0.000000222. The van der Waals surface area contributed by atoms with Crippen LogP contribution in [0, 0.1) is 27.4 Å². The van der Waals surface area contributed by atoms with Gasteiger partial charge in [-0.05, 0) is 76.0 Å². The van der Waals surface area contributed by atoms with Crippen LogP contribution in [0.15, 0.2) is 29.4 Å². The van der Waals surface area contributed by atoms with Crippen molar-refractivity contribution in [3.8, 4) is 0 Å². The predicted molar refractivity (Wildman–Crippen MR) is 123 cm³/mol. The topological polar surface area (TPSA) is 78.1 Å². The first-order chi connectivity index (χ1) is 14.3. The van der Waals surface area contributed by atoms with E-state index in [2.05, 4.69) is 12.6 Å². The van der Waals surface area contributed by atoms with Gasteiger partial charge in [0.25, 0.3) is 0 Å². The van der Waals surface area contributed by atoms with Gasteiger partial charge in [-0.15, -0.1) is 0 Å². The smallest absolute Gasteiger partial charge is 0.709 e. The number of alkyl halides is 3. The van der Waals surface area contributed by atoms with Gasteiger partial charge < -0.3 is 17.8 Å². The quantitative estimate of drug-likeness (QED) is 0.144. The van der Waals surface area contributed by atoms with Crippen molar-refractivity contribution in [1.29, 1.82) is 0 Å². The van der Waals surface area contributed by atoms with Crippen molar-refractivity contribution in [2.45, 2.75) is 61.7 Å². The molecule has 0 unspecified atom stereocenters. The molecule has 0 aromatic carbocycles. The fourth-order valence-electron chi connectivity index (χ4n) is 4.69. The Hall–Kier alpha value is 0.340. The largest absolute Gasteiger partial charge is 1.00 e. The molecule has 6 aliphatic carbocycles. The van der Waals surface area contributed by atoms with Crippen molar-refractivity contribution < 1.29 is 48.7 Å². The van der Waals surface area contributed by atoms with E-state index in [1.54, 1.807) is 32.0 Å². The molecule has 1 heterocycles. The molecule has 11 heteroatoms. The van der Waals surface area contributed by atoms with Gasteiger partial charge >= 0.3 is 29.6 Å². The number of nitrogens with zero attached hydrogens (tertiary/aromatic N) is 1. The van der Waals surface area contributed by atoms with E-state index in [4.69, 9.17) is 46.4 Å². The molecule has 32 heavy (non-hydrogen) atoms. The van der Waals surface area contributed by atoms with Gasteiger partial charge in [0.15, 0.2) is 10.5 Å². The SMILES string of the molecule is CC(=O)C12CC(C(=O)Cl)(C1)C2.CC(=O)C12CC(C1)C2.ClC(Cl)Cl.[Na+].[O-][n+]1ccccc1[S-]. The molecule has 0 saturated heterocycles. The summed E-state index contributed by atoms with van der Waals surface area (Å²) in [6.45, 7) is 3.33. The van der Waals surface area contributed by atoms with Gasteiger partial charge in [-0.25, -0.2) is 0 Å². The van der Waals surface area contributed by atoms with Crippen LogP contribution in [-0.4, -0.2) is 21.1 Å². The van der Waals surface area contributed by atoms with Crippen LogP contribution >= 0.6 is 46.4 Å². The third kappa shape index (κ3) is 6.72. The first kappa shape index (κ1) is 30.4. The predicted octanol–water partition coefficient (Wildman–Crippen LogP) is 2.10. The molecular weight excluding hydrogens is 527 g/mol. The first-order valence-electron chi connectivity index (χ1n) is 9.77. The van der Waals surface area contributed by atoms with Crippen LogP contribution in [0.3, 0.4) is 0 Å². The minimum atomic E-state index is -0.750. The molecule has 7 rings (SSSR count). The van der Waals surface area contributed by atoms with E-state index in [1.165, 1.54) is 25.5 Å². The van der Waals surface area contributed by atoms with E-state index < -0.39 is 4.30 Å². The summed E-state index contributed by atoms with van der Waals surface area (Å²) in [5.41, 5.74) is -0.192. The number of carbonyl (C=O) groups is 3. The summed E-state index contributed by atoms with van der Waals surface area (Å²) in [5, 5.41) is 10.5. The third-order valence-electron chi connectivity index (χ3n) is 6.77. The number of hydrogen-bond donors (Lipinski definition) is 0. The zero-order chi connectivity index (χ0) is 23.6. The maximum atomic E-state index is 11.0. The minimum absolute atomic E-state index is 0. The molecule has 6 aliphatic rings. The summed E-state index contributed by atoms with van der Waals surface area (Å²) in [5.74, 6) is 1.59. The number of halogens is 4. The van der Waals surface area contributed by atoms with Gasteiger partial charge in [0.2, 0.25) is 5.24 Å². The molecule has 0 atom stereocenters. The molecule has 6 saturated carbocycles. The number of pyridine rings is 1. The third-order valence-corrected chi connectivity index (χ3v) is 7.48. The zero-order valence-electron chi connectivity index (χ0n) is 18.2. The molecule has 172 valence electrons. The van der Waals surface area contributed by atoms with Gasteiger partial charge in [-0.2, -0.15) is 4.73 Å². The van der Waals surface area contributed by atoms with Crippen molar-refractivity contribution in [2.75, 3.05) is 0 Å². The van der Waals surface area contributed by atoms with E-state index in [0.29, 0.717) is 34.8 Å². The summed E-state index contributed by atoms with van der Waals surface area (Å²) in [7, 11) is 0. The molecule has 4 bridgehead atoms. The number of hydrogen-bond acceptors (Lipinski definition) is 5. The Morgan fingerprint density at radius 2 is 1.44 bits per heavy atom. The van der Waals surface area contributed by atoms with Crippen LogP contribution in [0.1, 0.15) is 52.4 Å². The second-order valence-corrected chi connectivity index (χ2v) is 11.6. The second-order valence-electron chi connectivity index (χ2n) is 8.85. The number of Topliss-reactive ketones (excluding diaryl/α,β-unsaturated/α-hetero) is 2. The molecule has 0 spiro atoms. The van der Waals surface area contributed by atoms with Gasteiger partial charge in [0, 0.05) is 22.3 Å². The Labute approximate surface area is 236 Å². The summed E-state index contributed by atoms with van der Waals surface area (Å²) < 4.78 is -0.102. The van der Waals surface area contributed by atoms with Crippen LogP contribution in [-0.2, 0) is 27.0 Å². The molecule has 0 amide bonds. The molecule has 5 nitrogen and oxygen atoms in total. The number of carbonyl (C=O) groups excluding carboxylic acids is 3. The molecule has 0 aliphatic heterocycles. The van der Waals surface area contributed by atoms with Crippen LogP contribution in [0.5, 0.6) is 0 Å². The van der Waals surface area contributed by atoms with Crippen LogP contribution in [0.4, 0.5) is 0 Å². The van der Waals surface area contributed by atoms with Crippen molar-refractivity contribution in [3.63, 3.8) is 0 Å². The van der Waals surface area contributed by atoms with E-state index >= 15 is 0 Å². The Kier molecular flexibility index (Phi) is 11.2. The van der Waals surface area contributed by atoms with Gasteiger partial charge in [0.05, 0.1) is 5.03 Å². The van der Waals surface area contributed by atoms with E-state index in [0.717, 1.165) is 5.92 Å². The summed E-state index contributed by atoms with van der Waals surface area (Å²) in [4.78, 5) is 32.6. The van der Waals surface area contributed by atoms with Crippen LogP contribution in [0.2, 0.25) is 0 Å². The molecule has 0 radical (unpaired) electrons. The minimum Gasteiger partial charge on any atom is -0.709 e. The Morgan fingerprint density at radius 1 is 1.00 bits per heavy atom. The number of aromatic nitrogens is 1. The number of ketones is 2. The second kappa shape index (κ2) is 11.9. The molecule has 0 N–H and O–H groups in total. The Morgan fingerprint density at radius 3 is 1.62 bits per heavy atom. The summed E-state index contributed by atoms with van der Waals surface area (Å²) in [6, 6.07) is 4.96. The zero-order valence-corrected chi connectivity index (χ0v) is 24.0. The van der Waals surface area contributed by atoms with Crippen molar-refractivity contribution in [1.82, 2.24) is 0 Å². The maximum absolute atomic E-state index is 11.0. The normalized spacial score (nSPS) is 31.4. The van der Waals surface area contributed by atoms with Crippen molar-refractivity contribution in [2.24, 2.45) is 22.2 Å². The fraction of sp³-hybridized carbons (Fsp3) is 0.619. The van der Waals surface area contributed by atoms with Crippen molar-refractivity contribution in [3.05, 3.63) is 29.6 Å². The van der Waals surface area contributed by atoms with E-state index in [-0.39, 0.29) is 56.8 Å². The van der Waals surface area contributed by atoms with Crippen LogP contribution in [0.25, 0.3) is 0 Å². The molecule has 1 aromatic heterocycles. The van der Waals surface area contributed by atoms with Gasteiger partial charge in [-0.3, -0.25) is 14.4 Å². The molecule has 6 fully saturated rings. The summed E-state index contributed by atoms with van der Waals surface area (Å²) >= 11 is 24.4.